The predicted octanol–water partition coefficient (Wildman–Crippen LogP) is 5.38. The molecule has 23 heavy (non-hydrogen) atoms. The second kappa shape index (κ2) is 5.29. The van der Waals surface area contributed by atoms with Gasteiger partial charge in [0, 0.05) is 11.3 Å². The molecule has 3 aromatic rings. The highest BCUT2D eigenvalue weighted by atomic mass is 16.5. The van der Waals surface area contributed by atoms with Crippen molar-refractivity contribution in [3.63, 3.8) is 0 Å². The molecule has 0 amide bonds. The van der Waals surface area contributed by atoms with Crippen molar-refractivity contribution >= 4 is 23.3 Å². The molecule has 0 aliphatic carbocycles. The summed E-state index contributed by atoms with van der Waals surface area (Å²) in [6.07, 6.45) is 0.834. The Kier molecular flexibility index (Phi) is 3.12. The van der Waals surface area contributed by atoms with Crippen LogP contribution in [0.5, 0.6) is 11.5 Å². The first-order valence-electron chi connectivity index (χ1n) is 7.49. The summed E-state index contributed by atoms with van der Waals surface area (Å²) in [7, 11) is 0. The van der Waals surface area contributed by atoms with Gasteiger partial charge in [-0.3, -0.25) is 4.79 Å². The highest BCUT2D eigenvalue weighted by Crippen LogP contribution is 2.50. The van der Waals surface area contributed by atoms with Crippen LogP contribution in [0.3, 0.4) is 0 Å². The van der Waals surface area contributed by atoms with E-state index >= 15 is 0 Å². The first-order chi connectivity index (χ1) is 11.3. The monoisotopic (exact) mass is 301 g/mol. The second-order valence-corrected chi connectivity index (χ2v) is 5.59. The molecule has 3 nitrogen and oxygen atoms in total. The van der Waals surface area contributed by atoms with Crippen LogP contribution in [-0.2, 0) is 0 Å². The summed E-state index contributed by atoms with van der Waals surface area (Å²) in [6, 6.07) is 21.8. The maximum Gasteiger partial charge on any atom is 0.152 e. The highest BCUT2D eigenvalue weighted by Gasteiger charge is 2.25. The number of hydrogen-bond donors (Lipinski definition) is 0. The molecule has 3 aromatic carbocycles. The number of hydrogen-bond acceptors (Lipinski definition) is 3. The summed E-state index contributed by atoms with van der Waals surface area (Å²) < 4.78 is 5.99. The van der Waals surface area contributed by atoms with Gasteiger partial charge in [0.15, 0.2) is 11.5 Å². The van der Waals surface area contributed by atoms with Gasteiger partial charge in [0.05, 0.1) is 11.4 Å². The lowest BCUT2D eigenvalue weighted by Crippen LogP contribution is -2.15. The van der Waals surface area contributed by atoms with Crippen LogP contribution in [0.4, 0.5) is 17.1 Å². The number of carbonyl (C=O) groups is 1. The highest BCUT2D eigenvalue weighted by molar-refractivity contribution is 5.88. The average molecular weight is 301 g/mol. The molecule has 0 saturated carbocycles. The largest absolute Gasteiger partial charge is 0.453 e. The Morgan fingerprint density at radius 2 is 1.61 bits per heavy atom. The zero-order valence-electron chi connectivity index (χ0n) is 12.7. The molecule has 0 bridgehead atoms. The Morgan fingerprint density at radius 1 is 0.870 bits per heavy atom. The quantitative estimate of drug-likeness (QED) is 0.465. The lowest BCUT2D eigenvalue weighted by atomic mass is 10.1. The van der Waals surface area contributed by atoms with Crippen LogP contribution in [0.15, 0.2) is 66.7 Å². The van der Waals surface area contributed by atoms with Gasteiger partial charge < -0.3 is 9.64 Å². The molecule has 0 atom stereocenters. The summed E-state index contributed by atoms with van der Waals surface area (Å²) in [5, 5.41) is 0. The van der Waals surface area contributed by atoms with Crippen LogP contribution < -0.4 is 9.64 Å². The maximum atomic E-state index is 11.1. The van der Waals surface area contributed by atoms with E-state index in [0.717, 1.165) is 29.1 Å². The Morgan fingerprint density at radius 3 is 2.39 bits per heavy atom. The van der Waals surface area contributed by atoms with Gasteiger partial charge in [-0.15, -0.1) is 0 Å². The van der Waals surface area contributed by atoms with Crippen molar-refractivity contribution in [1.29, 1.82) is 0 Å². The fourth-order valence-electron chi connectivity index (χ4n) is 2.82. The lowest BCUT2D eigenvalue weighted by Gasteiger charge is -2.33. The molecule has 0 aromatic heterocycles. The molecule has 4 rings (SSSR count). The number of aryl methyl sites for hydroxylation is 1. The summed E-state index contributed by atoms with van der Waals surface area (Å²) in [5.41, 5.74) is 4.80. The molecule has 1 aliphatic rings. The van der Waals surface area contributed by atoms with Crippen molar-refractivity contribution in [3.05, 3.63) is 77.9 Å². The van der Waals surface area contributed by atoms with Gasteiger partial charge in [0.25, 0.3) is 0 Å². The lowest BCUT2D eigenvalue weighted by molar-refractivity contribution is 0.112. The minimum absolute atomic E-state index is 0.604. The molecule has 0 unspecified atom stereocenters. The van der Waals surface area contributed by atoms with Crippen molar-refractivity contribution in [2.45, 2.75) is 6.92 Å². The third-order valence-electron chi connectivity index (χ3n) is 3.98. The molecule has 0 radical (unpaired) electrons. The summed E-state index contributed by atoms with van der Waals surface area (Å²) >= 11 is 0. The molecule has 0 N–H and O–H groups in total. The minimum atomic E-state index is 0.604. The maximum absolute atomic E-state index is 11.1. The number of rotatable bonds is 2. The van der Waals surface area contributed by atoms with E-state index in [0.29, 0.717) is 11.3 Å². The number of ether oxygens (including phenoxy) is 1. The SMILES string of the molecule is Cc1ccc(N2c3ccccc3Oc3cc(C=O)ccc32)cc1. The van der Waals surface area contributed by atoms with Gasteiger partial charge >= 0.3 is 0 Å². The Balaban J connectivity index is 1.94. The predicted molar refractivity (Wildman–Crippen MR) is 91.3 cm³/mol. The number of benzene rings is 3. The molecule has 0 fully saturated rings. The molecule has 1 heterocycles. The Bertz CT molecular complexity index is 884. The van der Waals surface area contributed by atoms with Gasteiger partial charge in [-0.2, -0.15) is 0 Å². The van der Waals surface area contributed by atoms with E-state index in [9.17, 15) is 4.79 Å². The van der Waals surface area contributed by atoms with Gasteiger partial charge in [0.1, 0.15) is 6.29 Å². The van der Waals surface area contributed by atoms with Crippen LogP contribution in [-0.4, -0.2) is 6.29 Å². The summed E-state index contributed by atoms with van der Waals surface area (Å²) in [5.74, 6) is 1.47. The molecule has 3 heteroatoms. The number of para-hydroxylation sites is 2. The van der Waals surface area contributed by atoms with Gasteiger partial charge in [-0.25, -0.2) is 0 Å². The van der Waals surface area contributed by atoms with E-state index in [-0.39, 0.29) is 0 Å². The van der Waals surface area contributed by atoms with Gasteiger partial charge in [-0.1, -0.05) is 29.8 Å². The number of aldehydes is 1. The number of anilines is 3. The third kappa shape index (κ3) is 2.27. The number of carbonyl (C=O) groups excluding carboxylic acids is 1. The minimum Gasteiger partial charge on any atom is -0.453 e. The van der Waals surface area contributed by atoms with Crippen molar-refractivity contribution in [3.8, 4) is 11.5 Å². The standard InChI is InChI=1S/C20H15NO2/c1-14-6-9-16(10-7-14)21-17-4-2-3-5-19(17)23-20-12-15(13-22)8-11-18(20)21/h2-13H,1H3. The molecule has 1 aliphatic heterocycles. The van der Waals surface area contributed by atoms with Crippen LogP contribution in [0, 0.1) is 6.92 Å². The van der Waals surface area contributed by atoms with Crippen LogP contribution in [0.1, 0.15) is 15.9 Å². The summed E-state index contributed by atoms with van der Waals surface area (Å²) in [4.78, 5) is 13.2. The average Bonchev–Trinajstić information content (AvgIpc) is 2.60. The van der Waals surface area contributed by atoms with Crippen molar-refractivity contribution in [2.75, 3.05) is 4.90 Å². The van der Waals surface area contributed by atoms with E-state index in [4.69, 9.17) is 4.74 Å². The smallest absolute Gasteiger partial charge is 0.152 e. The fraction of sp³-hybridized carbons (Fsp3) is 0.0500. The second-order valence-electron chi connectivity index (χ2n) is 5.59. The van der Waals surface area contributed by atoms with E-state index in [1.165, 1.54) is 5.56 Å². The zero-order valence-corrected chi connectivity index (χ0v) is 12.7. The van der Waals surface area contributed by atoms with Crippen LogP contribution >= 0.6 is 0 Å². The van der Waals surface area contributed by atoms with Crippen molar-refractivity contribution in [1.82, 2.24) is 0 Å². The van der Waals surface area contributed by atoms with E-state index in [1.54, 1.807) is 6.07 Å². The fourth-order valence-corrected chi connectivity index (χ4v) is 2.82. The molecular weight excluding hydrogens is 286 g/mol. The van der Waals surface area contributed by atoms with Crippen LogP contribution in [0.25, 0.3) is 0 Å². The molecule has 112 valence electrons. The van der Waals surface area contributed by atoms with Gasteiger partial charge in [0.2, 0.25) is 0 Å². The Hall–Kier alpha value is -3.07. The normalized spacial score (nSPS) is 12.1. The topological polar surface area (TPSA) is 29.5 Å². The number of fused-ring (bicyclic) bond motifs is 2. The van der Waals surface area contributed by atoms with Crippen molar-refractivity contribution < 1.29 is 9.53 Å². The van der Waals surface area contributed by atoms with Gasteiger partial charge in [-0.05, 0) is 49.4 Å². The number of nitrogens with zero attached hydrogens (tertiary/aromatic N) is 1. The van der Waals surface area contributed by atoms with E-state index in [2.05, 4.69) is 36.1 Å². The zero-order chi connectivity index (χ0) is 15.8. The first kappa shape index (κ1) is 13.6. The molecule has 0 spiro atoms. The first-order valence-corrected chi connectivity index (χ1v) is 7.49. The third-order valence-corrected chi connectivity index (χ3v) is 3.98. The molecule has 0 saturated heterocycles. The van der Waals surface area contributed by atoms with Crippen molar-refractivity contribution in [2.24, 2.45) is 0 Å². The molecular formula is C20H15NO2. The summed E-state index contributed by atoms with van der Waals surface area (Å²) in [6.45, 7) is 2.07. The Labute approximate surface area is 134 Å². The van der Waals surface area contributed by atoms with E-state index in [1.807, 2.05) is 36.4 Å². The van der Waals surface area contributed by atoms with Crippen LogP contribution in [0.2, 0.25) is 0 Å². The van der Waals surface area contributed by atoms with E-state index < -0.39 is 0 Å².